The molecule has 4 rings (SSSR count). The fourth-order valence-electron chi connectivity index (χ4n) is 3.27. The van der Waals surface area contributed by atoms with Crippen molar-refractivity contribution in [3.8, 4) is 0 Å². The zero-order valence-electron chi connectivity index (χ0n) is 15.3. The summed E-state index contributed by atoms with van der Waals surface area (Å²) in [4.78, 5) is 26.8. The van der Waals surface area contributed by atoms with Gasteiger partial charge in [-0.15, -0.1) is 0 Å². The Bertz CT molecular complexity index is 1090. The van der Waals surface area contributed by atoms with Crippen LogP contribution in [0.3, 0.4) is 0 Å². The molecular formula is C22H17ClFN3O2. The summed E-state index contributed by atoms with van der Waals surface area (Å²) >= 11 is 5.73. The SMILES string of the molecule is O=C(Nc1ccc(F)c(Cl)c1)Nc1ccc2c(c1)N(C(=O)c1ccccc1)CC2. The number of benzene rings is 3. The minimum absolute atomic E-state index is 0.0737. The van der Waals surface area contributed by atoms with Crippen molar-refractivity contribution in [1.29, 1.82) is 0 Å². The lowest BCUT2D eigenvalue weighted by Crippen LogP contribution is -2.29. The van der Waals surface area contributed by atoms with Crippen molar-refractivity contribution in [2.24, 2.45) is 0 Å². The lowest BCUT2D eigenvalue weighted by molar-refractivity contribution is 0.0989. The summed E-state index contributed by atoms with van der Waals surface area (Å²) < 4.78 is 13.2. The largest absolute Gasteiger partial charge is 0.323 e. The van der Waals surface area contributed by atoms with Gasteiger partial charge in [0.2, 0.25) is 0 Å². The molecule has 3 aromatic carbocycles. The third-order valence-corrected chi connectivity index (χ3v) is 4.97. The zero-order valence-corrected chi connectivity index (χ0v) is 16.0. The van der Waals surface area contributed by atoms with Gasteiger partial charge in [-0.25, -0.2) is 9.18 Å². The summed E-state index contributed by atoms with van der Waals surface area (Å²) in [6.07, 6.45) is 0.758. The molecule has 1 aliphatic rings. The van der Waals surface area contributed by atoms with Crippen molar-refractivity contribution in [3.63, 3.8) is 0 Å². The van der Waals surface area contributed by atoms with E-state index in [2.05, 4.69) is 10.6 Å². The van der Waals surface area contributed by atoms with Gasteiger partial charge in [0.1, 0.15) is 5.82 Å². The summed E-state index contributed by atoms with van der Waals surface area (Å²) in [5.41, 5.74) is 3.36. The van der Waals surface area contributed by atoms with E-state index >= 15 is 0 Å². The highest BCUT2D eigenvalue weighted by Crippen LogP contribution is 2.32. The molecule has 1 aliphatic heterocycles. The number of hydrogen-bond donors (Lipinski definition) is 2. The number of urea groups is 1. The van der Waals surface area contributed by atoms with Crippen LogP contribution in [0.25, 0.3) is 0 Å². The van der Waals surface area contributed by atoms with Crippen LogP contribution in [0.15, 0.2) is 66.7 Å². The number of fused-ring (bicyclic) bond motifs is 1. The Kier molecular flexibility index (Phi) is 5.18. The highest BCUT2D eigenvalue weighted by Gasteiger charge is 2.26. The summed E-state index contributed by atoms with van der Waals surface area (Å²) in [6, 6.07) is 18.0. The van der Waals surface area contributed by atoms with Crippen LogP contribution >= 0.6 is 11.6 Å². The fraction of sp³-hybridized carbons (Fsp3) is 0.0909. The maximum atomic E-state index is 13.2. The maximum absolute atomic E-state index is 13.2. The average molecular weight is 410 g/mol. The molecule has 0 radical (unpaired) electrons. The van der Waals surface area contributed by atoms with E-state index < -0.39 is 11.8 Å². The average Bonchev–Trinajstić information content (AvgIpc) is 3.14. The number of carbonyl (C=O) groups is 2. The quantitative estimate of drug-likeness (QED) is 0.614. The van der Waals surface area contributed by atoms with Crippen LogP contribution in [-0.2, 0) is 6.42 Å². The molecule has 3 aromatic rings. The molecule has 3 amide bonds. The second-order valence-electron chi connectivity index (χ2n) is 6.62. The van der Waals surface area contributed by atoms with Crippen LogP contribution in [-0.4, -0.2) is 18.5 Å². The Labute approximate surface area is 172 Å². The lowest BCUT2D eigenvalue weighted by Gasteiger charge is -2.18. The van der Waals surface area contributed by atoms with E-state index in [-0.39, 0.29) is 10.9 Å². The van der Waals surface area contributed by atoms with Crippen molar-refractivity contribution >= 4 is 40.6 Å². The highest BCUT2D eigenvalue weighted by atomic mass is 35.5. The summed E-state index contributed by atoms with van der Waals surface area (Å²) in [6.45, 7) is 0.590. The van der Waals surface area contributed by atoms with Crippen molar-refractivity contribution < 1.29 is 14.0 Å². The van der Waals surface area contributed by atoms with Crippen molar-refractivity contribution in [2.75, 3.05) is 22.1 Å². The number of hydrogen-bond acceptors (Lipinski definition) is 2. The Morgan fingerprint density at radius 1 is 0.931 bits per heavy atom. The van der Waals surface area contributed by atoms with Gasteiger partial charge in [-0.2, -0.15) is 0 Å². The minimum atomic E-state index is -0.556. The molecule has 0 saturated carbocycles. The van der Waals surface area contributed by atoms with E-state index in [1.807, 2.05) is 24.3 Å². The van der Waals surface area contributed by atoms with Gasteiger partial charge in [0.15, 0.2) is 0 Å². The molecule has 5 nitrogen and oxygen atoms in total. The number of rotatable bonds is 3. The second kappa shape index (κ2) is 7.93. The van der Waals surface area contributed by atoms with E-state index in [1.54, 1.807) is 29.2 Å². The molecule has 0 aliphatic carbocycles. The van der Waals surface area contributed by atoms with Gasteiger partial charge in [-0.05, 0) is 54.4 Å². The van der Waals surface area contributed by atoms with Gasteiger partial charge in [-0.1, -0.05) is 35.9 Å². The first-order valence-corrected chi connectivity index (χ1v) is 9.42. The van der Waals surface area contributed by atoms with E-state index in [9.17, 15) is 14.0 Å². The third-order valence-electron chi connectivity index (χ3n) is 4.68. The molecule has 7 heteroatoms. The van der Waals surface area contributed by atoms with E-state index in [4.69, 9.17) is 11.6 Å². The fourth-order valence-corrected chi connectivity index (χ4v) is 3.45. The number of carbonyl (C=O) groups excluding carboxylic acids is 2. The predicted molar refractivity (Wildman–Crippen MR) is 112 cm³/mol. The Morgan fingerprint density at radius 2 is 1.62 bits per heavy atom. The molecule has 1 heterocycles. The Balaban J connectivity index is 1.50. The van der Waals surface area contributed by atoms with Crippen LogP contribution in [0.4, 0.5) is 26.2 Å². The summed E-state index contributed by atoms with van der Waals surface area (Å²) in [5, 5.41) is 5.26. The van der Waals surface area contributed by atoms with Crippen LogP contribution < -0.4 is 15.5 Å². The summed E-state index contributed by atoms with van der Waals surface area (Å²) in [5.74, 6) is -0.633. The minimum Gasteiger partial charge on any atom is -0.308 e. The standard InChI is InChI=1S/C22H17ClFN3O2/c23-18-12-16(8-9-19(18)24)25-22(29)26-17-7-6-14-10-11-27(20(14)13-17)21(28)15-4-2-1-3-5-15/h1-9,12-13H,10-11H2,(H2,25,26,29). The van der Waals surface area contributed by atoms with Gasteiger partial charge in [0, 0.05) is 29.2 Å². The predicted octanol–water partition coefficient (Wildman–Crippen LogP) is 5.33. The van der Waals surface area contributed by atoms with Gasteiger partial charge in [0.25, 0.3) is 5.91 Å². The Morgan fingerprint density at radius 3 is 2.34 bits per heavy atom. The molecule has 0 aromatic heterocycles. The first kappa shape index (κ1) is 19.0. The van der Waals surface area contributed by atoms with Crippen molar-refractivity contribution in [1.82, 2.24) is 0 Å². The van der Waals surface area contributed by atoms with Gasteiger partial charge in [0.05, 0.1) is 5.02 Å². The topological polar surface area (TPSA) is 61.4 Å². The zero-order chi connectivity index (χ0) is 20.4. The van der Waals surface area contributed by atoms with Gasteiger partial charge < -0.3 is 15.5 Å². The van der Waals surface area contributed by atoms with Crippen LogP contribution in [0.1, 0.15) is 15.9 Å². The molecule has 0 fully saturated rings. The van der Waals surface area contributed by atoms with E-state index in [0.29, 0.717) is 23.5 Å². The molecular weight excluding hydrogens is 393 g/mol. The first-order valence-electron chi connectivity index (χ1n) is 9.04. The second-order valence-corrected chi connectivity index (χ2v) is 7.03. The molecule has 2 N–H and O–H groups in total. The summed E-state index contributed by atoms with van der Waals surface area (Å²) in [7, 11) is 0. The number of anilines is 3. The normalized spacial score (nSPS) is 12.4. The van der Waals surface area contributed by atoms with Crippen molar-refractivity contribution in [2.45, 2.75) is 6.42 Å². The van der Waals surface area contributed by atoms with Crippen molar-refractivity contribution in [3.05, 3.63) is 88.7 Å². The number of amides is 3. The van der Waals surface area contributed by atoms with Crippen LogP contribution in [0, 0.1) is 5.82 Å². The monoisotopic (exact) mass is 409 g/mol. The molecule has 0 unspecified atom stereocenters. The van der Waals surface area contributed by atoms with Gasteiger partial charge in [-0.3, -0.25) is 4.79 Å². The van der Waals surface area contributed by atoms with Crippen LogP contribution in [0.2, 0.25) is 5.02 Å². The number of halogens is 2. The van der Waals surface area contributed by atoms with Gasteiger partial charge >= 0.3 is 6.03 Å². The third kappa shape index (κ3) is 4.07. The lowest BCUT2D eigenvalue weighted by atomic mass is 10.1. The maximum Gasteiger partial charge on any atom is 0.323 e. The highest BCUT2D eigenvalue weighted by molar-refractivity contribution is 6.31. The molecule has 146 valence electrons. The molecule has 0 saturated heterocycles. The molecule has 0 atom stereocenters. The van der Waals surface area contributed by atoms with Crippen LogP contribution in [0.5, 0.6) is 0 Å². The molecule has 0 bridgehead atoms. The van der Waals surface area contributed by atoms with E-state index in [1.165, 1.54) is 18.2 Å². The smallest absolute Gasteiger partial charge is 0.308 e. The van der Waals surface area contributed by atoms with E-state index in [0.717, 1.165) is 17.7 Å². The first-order chi connectivity index (χ1) is 14.0. The number of nitrogens with zero attached hydrogens (tertiary/aromatic N) is 1. The molecule has 0 spiro atoms. The number of nitrogens with one attached hydrogen (secondary N) is 2. The Hall–Kier alpha value is -3.38. The molecule has 29 heavy (non-hydrogen) atoms.